The Balaban J connectivity index is 1.30. The number of ether oxygens (including phenoxy) is 1. The van der Waals surface area contributed by atoms with Crippen LogP contribution in [0.2, 0.25) is 5.02 Å². The van der Waals surface area contributed by atoms with Crippen LogP contribution >= 0.6 is 11.6 Å². The summed E-state index contributed by atoms with van der Waals surface area (Å²) in [5, 5.41) is 5.15. The molecule has 0 bridgehead atoms. The quantitative estimate of drug-likeness (QED) is 0.282. The van der Waals surface area contributed by atoms with Gasteiger partial charge in [-0.25, -0.2) is 17.8 Å². The fourth-order valence-corrected chi connectivity index (χ4v) is 7.00. The maximum atomic E-state index is 14.1. The van der Waals surface area contributed by atoms with E-state index in [9.17, 15) is 12.8 Å². The Morgan fingerprint density at radius 1 is 1.05 bits per heavy atom. The molecule has 0 unspecified atom stereocenters. The van der Waals surface area contributed by atoms with E-state index in [-0.39, 0.29) is 29.2 Å². The lowest BCUT2D eigenvalue weighted by Gasteiger charge is -2.42. The lowest BCUT2D eigenvalue weighted by atomic mass is 9.80. The third-order valence-electron chi connectivity index (χ3n) is 7.69. The summed E-state index contributed by atoms with van der Waals surface area (Å²) < 4.78 is 45.5. The van der Waals surface area contributed by atoms with Crippen molar-refractivity contribution in [2.75, 3.05) is 42.3 Å². The lowest BCUT2D eigenvalue weighted by Crippen LogP contribution is -2.48. The summed E-state index contributed by atoms with van der Waals surface area (Å²) >= 11 is 6.36. The summed E-state index contributed by atoms with van der Waals surface area (Å²) in [5.41, 5.74) is 3.37. The number of halogens is 2. The zero-order chi connectivity index (χ0) is 27.0. The van der Waals surface area contributed by atoms with E-state index in [1.54, 1.807) is 6.07 Å². The number of nitrogens with one attached hydrogen (secondary N) is 1. The molecule has 2 aliphatic rings. The lowest BCUT2D eigenvalue weighted by molar-refractivity contribution is -0.108. The van der Waals surface area contributed by atoms with E-state index in [2.05, 4.69) is 29.6 Å². The Labute approximate surface area is 232 Å². The largest absolute Gasteiger partial charge is 0.384 e. The molecule has 4 aromatic rings. The van der Waals surface area contributed by atoms with Crippen molar-refractivity contribution in [2.45, 2.75) is 24.3 Å². The van der Waals surface area contributed by atoms with Crippen molar-refractivity contribution in [2.24, 2.45) is 5.41 Å². The molecule has 0 radical (unpaired) electrons. The molecule has 39 heavy (non-hydrogen) atoms. The van der Waals surface area contributed by atoms with Gasteiger partial charge in [0, 0.05) is 47.2 Å². The van der Waals surface area contributed by atoms with Crippen LogP contribution in [0.4, 0.5) is 15.9 Å². The van der Waals surface area contributed by atoms with Crippen molar-refractivity contribution in [1.82, 2.24) is 4.98 Å². The van der Waals surface area contributed by atoms with Crippen LogP contribution in [0.1, 0.15) is 17.5 Å². The number of pyridine rings is 1. The van der Waals surface area contributed by atoms with Gasteiger partial charge in [-0.05, 0) is 60.4 Å². The summed E-state index contributed by atoms with van der Waals surface area (Å²) in [5.74, 6) is 0.0925. The summed E-state index contributed by atoms with van der Waals surface area (Å²) in [6, 6.07) is 21.8. The Morgan fingerprint density at radius 3 is 2.64 bits per heavy atom. The average molecular weight is 566 g/mol. The number of rotatable bonds is 7. The predicted octanol–water partition coefficient (Wildman–Crippen LogP) is 5.88. The first kappa shape index (κ1) is 26.0. The number of hydrogen-bond acceptors (Lipinski definition) is 6. The zero-order valence-corrected chi connectivity index (χ0v) is 22.9. The summed E-state index contributed by atoms with van der Waals surface area (Å²) in [6.45, 7) is 2.59. The SMILES string of the molecule is O=S1(=O)CCN(c2cc(NCC3(CCc4ccccc4)COC3)c3cc(Cl)ccc3n2)Cc2cc(F)ccc21. The minimum Gasteiger partial charge on any atom is -0.384 e. The number of nitrogens with zero attached hydrogens (tertiary/aromatic N) is 2. The molecule has 0 amide bonds. The van der Waals surface area contributed by atoms with Gasteiger partial charge in [-0.1, -0.05) is 41.9 Å². The van der Waals surface area contributed by atoms with Crippen LogP contribution < -0.4 is 10.2 Å². The highest BCUT2D eigenvalue weighted by Gasteiger charge is 2.38. The van der Waals surface area contributed by atoms with Crippen molar-refractivity contribution in [3.05, 3.63) is 94.8 Å². The third-order valence-corrected chi connectivity index (χ3v) is 9.71. The molecule has 3 aromatic carbocycles. The second-order valence-corrected chi connectivity index (χ2v) is 13.0. The van der Waals surface area contributed by atoms with Gasteiger partial charge in [-0.2, -0.15) is 0 Å². The van der Waals surface area contributed by atoms with Gasteiger partial charge in [0.15, 0.2) is 9.84 Å². The van der Waals surface area contributed by atoms with Crippen LogP contribution in [0.15, 0.2) is 77.7 Å². The molecule has 1 saturated heterocycles. The van der Waals surface area contributed by atoms with Gasteiger partial charge in [0.25, 0.3) is 0 Å². The van der Waals surface area contributed by atoms with E-state index >= 15 is 0 Å². The minimum atomic E-state index is -3.53. The van der Waals surface area contributed by atoms with E-state index in [1.165, 1.54) is 23.8 Å². The molecule has 9 heteroatoms. The van der Waals surface area contributed by atoms with E-state index in [1.807, 2.05) is 29.2 Å². The summed E-state index contributed by atoms with van der Waals surface area (Å²) in [7, 11) is -3.53. The van der Waals surface area contributed by atoms with Gasteiger partial charge < -0.3 is 15.0 Å². The van der Waals surface area contributed by atoms with E-state index in [4.69, 9.17) is 21.3 Å². The van der Waals surface area contributed by atoms with Gasteiger partial charge in [0.1, 0.15) is 11.6 Å². The maximum Gasteiger partial charge on any atom is 0.180 e. The highest BCUT2D eigenvalue weighted by Crippen LogP contribution is 2.36. The molecule has 1 fully saturated rings. The molecule has 202 valence electrons. The molecule has 0 aliphatic carbocycles. The first-order chi connectivity index (χ1) is 18.8. The summed E-state index contributed by atoms with van der Waals surface area (Å²) in [4.78, 5) is 6.94. The minimum absolute atomic E-state index is 0.0112. The Kier molecular flexibility index (Phi) is 6.95. The molecule has 6 nitrogen and oxygen atoms in total. The Morgan fingerprint density at radius 2 is 1.87 bits per heavy atom. The smallest absolute Gasteiger partial charge is 0.180 e. The fraction of sp³-hybridized carbons (Fsp3) is 0.300. The monoisotopic (exact) mass is 565 g/mol. The van der Waals surface area contributed by atoms with Crippen molar-refractivity contribution >= 4 is 43.8 Å². The van der Waals surface area contributed by atoms with Gasteiger partial charge in [0.05, 0.1) is 29.4 Å². The Hall–Kier alpha value is -3.20. The Bertz CT molecular complexity index is 1630. The first-order valence-corrected chi connectivity index (χ1v) is 15.1. The fourth-order valence-electron chi connectivity index (χ4n) is 5.35. The maximum absolute atomic E-state index is 14.1. The molecule has 6 rings (SSSR count). The molecule has 0 spiro atoms. The van der Waals surface area contributed by atoms with E-state index in [0.29, 0.717) is 36.2 Å². The molecule has 1 aromatic heterocycles. The number of aromatic nitrogens is 1. The highest BCUT2D eigenvalue weighted by molar-refractivity contribution is 7.91. The highest BCUT2D eigenvalue weighted by atomic mass is 35.5. The van der Waals surface area contributed by atoms with Gasteiger partial charge in [-0.3, -0.25) is 0 Å². The standard InChI is InChI=1S/C30H29ClFN3O3S/c31-23-6-8-26-25(15-23)27(33-18-30(19-38-20-30)11-10-21-4-2-1-3-5-21)16-29(34-26)35-12-13-39(36,37)28-9-7-24(32)14-22(28)17-35/h1-9,14-16H,10-13,17-20H2,(H,33,34). The van der Waals surface area contributed by atoms with Crippen molar-refractivity contribution < 1.29 is 17.5 Å². The third kappa shape index (κ3) is 5.46. The average Bonchev–Trinajstić information content (AvgIpc) is 3.03. The van der Waals surface area contributed by atoms with E-state index < -0.39 is 15.7 Å². The molecule has 0 atom stereocenters. The van der Waals surface area contributed by atoms with Crippen molar-refractivity contribution in [3.8, 4) is 0 Å². The number of aryl methyl sites for hydroxylation is 1. The second kappa shape index (κ2) is 10.4. The normalized spacial score (nSPS) is 17.7. The summed E-state index contributed by atoms with van der Waals surface area (Å²) in [6.07, 6.45) is 1.96. The second-order valence-electron chi connectivity index (χ2n) is 10.5. The van der Waals surface area contributed by atoms with Crippen LogP contribution in [-0.4, -0.2) is 45.5 Å². The molecular formula is C30H29ClFN3O3S. The van der Waals surface area contributed by atoms with Crippen LogP contribution in [0.25, 0.3) is 10.9 Å². The molecule has 0 saturated carbocycles. The molecule has 2 aliphatic heterocycles. The zero-order valence-electron chi connectivity index (χ0n) is 21.4. The van der Waals surface area contributed by atoms with Crippen LogP contribution in [0.5, 0.6) is 0 Å². The predicted molar refractivity (Wildman–Crippen MR) is 153 cm³/mol. The number of fused-ring (bicyclic) bond motifs is 2. The van der Waals surface area contributed by atoms with Crippen LogP contribution in [-0.2, 0) is 27.5 Å². The number of anilines is 2. The topological polar surface area (TPSA) is 71.5 Å². The number of hydrogen-bond donors (Lipinski definition) is 1. The number of sulfone groups is 1. The van der Waals surface area contributed by atoms with Gasteiger partial charge in [-0.15, -0.1) is 0 Å². The van der Waals surface area contributed by atoms with Gasteiger partial charge in [0.2, 0.25) is 0 Å². The first-order valence-electron chi connectivity index (χ1n) is 13.0. The molecule has 1 N–H and O–H groups in total. The van der Waals surface area contributed by atoms with E-state index in [0.717, 1.165) is 29.4 Å². The van der Waals surface area contributed by atoms with Crippen LogP contribution in [0.3, 0.4) is 0 Å². The van der Waals surface area contributed by atoms with Gasteiger partial charge >= 0.3 is 0 Å². The molecular weight excluding hydrogens is 537 g/mol. The van der Waals surface area contributed by atoms with Crippen LogP contribution in [0, 0.1) is 11.2 Å². The number of benzene rings is 3. The van der Waals surface area contributed by atoms with Crippen molar-refractivity contribution in [1.29, 1.82) is 0 Å². The molecule has 3 heterocycles. The van der Waals surface area contributed by atoms with Crippen molar-refractivity contribution in [3.63, 3.8) is 0 Å².